The molecule has 0 aromatic heterocycles. The highest BCUT2D eigenvalue weighted by molar-refractivity contribution is 14.1. The first-order valence-corrected chi connectivity index (χ1v) is 9.88. The van der Waals surface area contributed by atoms with E-state index in [9.17, 15) is 13.2 Å². The van der Waals surface area contributed by atoms with Crippen molar-refractivity contribution in [1.29, 1.82) is 0 Å². The van der Waals surface area contributed by atoms with Crippen LogP contribution in [0.3, 0.4) is 0 Å². The lowest BCUT2D eigenvalue weighted by Gasteiger charge is -2.27. The first kappa shape index (κ1) is 16.2. The molecule has 1 aromatic carbocycles. The zero-order chi connectivity index (χ0) is 14.9. The van der Waals surface area contributed by atoms with Gasteiger partial charge in [0.15, 0.2) is 5.78 Å². The molecule has 2 atom stereocenters. The predicted octanol–water partition coefficient (Wildman–Crippen LogP) is 3.73. The fourth-order valence-corrected chi connectivity index (χ4v) is 4.35. The molecule has 1 aliphatic carbocycles. The van der Waals surface area contributed by atoms with Crippen molar-refractivity contribution < 1.29 is 13.2 Å². The van der Waals surface area contributed by atoms with Gasteiger partial charge in [-0.05, 0) is 54.0 Å². The minimum Gasteiger partial charge on any atom is -0.294 e. The van der Waals surface area contributed by atoms with Gasteiger partial charge < -0.3 is 0 Å². The minimum atomic E-state index is -3.07. The molecule has 110 valence electrons. The van der Waals surface area contributed by atoms with E-state index in [4.69, 9.17) is 11.6 Å². The van der Waals surface area contributed by atoms with E-state index >= 15 is 0 Å². The van der Waals surface area contributed by atoms with Gasteiger partial charge in [0.25, 0.3) is 0 Å². The highest BCUT2D eigenvalue weighted by atomic mass is 127. The molecule has 0 aliphatic heterocycles. The number of carbonyl (C=O) groups excluding carboxylic acids is 1. The van der Waals surface area contributed by atoms with Crippen molar-refractivity contribution in [1.82, 2.24) is 0 Å². The fourth-order valence-electron chi connectivity index (χ4n) is 2.66. The standard InChI is InChI=1S/C14H16ClIO3S/c1-20(18,19)11-4-2-3-9(7-11)14(17)10-5-6-13(16)12(15)8-10/h5-6,8-9,11H,2-4,7H2,1H3. The summed E-state index contributed by atoms with van der Waals surface area (Å²) in [6, 6.07) is 5.25. The molecule has 0 heterocycles. The zero-order valence-electron chi connectivity index (χ0n) is 11.1. The van der Waals surface area contributed by atoms with Gasteiger partial charge in [-0.25, -0.2) is 8.42 Å². The van der Waals surface area contributed by atoms with Crippen molar-refractivity contribution in [3.05, 3.63) is 32.4 Å². The topological polar surface area (TPSA) is 51.2 Å². The SMILES string of the molecule is CS(=O)(=O)C1CCCC(C(=O)c2ccc(I)c(Cl)c2)C1. The molecule has 1 saturated carbocycles. The normalized spacial score (nSPS) is 23.6. The smallest absolute Gasteiger partial charge is 0.166 e. The summed E-state index contributed by atoms with van der Waals surface area (Å²) in [7, 11) is -3.07. The van der Waals surface area contributed by atoms with Crippen LogP contribution < -0.4 is 0 Å². The third-order valence-electron chi connectivity index (χ3n) is 3.81. The summed E-state index contributed by atoms with van der Waals surface area (Å²) in [5.74, 6) is -0.198. The molecule has 1 fully saturated rings. The molecule has 0 bridgehead atoms. The van der Waals surface area contributed by atoms with Crippen LogP contribution in [0.4, 0.5) is 0 Å². The van der Waals surface area contributed by atoms with Crippen LogP contribution in [-0.2, 0) is 9.84 Å². The van der Waals surface area contributed by atoms with Crippen LogP contribution in [0.1, 0.15) is 36.0 Å². The van der Waals surface area contributed by atoms with Crippen LogP contribution in [0.5, 0.6) is 0 Å². The summed E-state index contributed by atoms with van der Waals surface area (Å²) in [5, 5.41) is 0.177. The van der Waals surface area contributed by atoms with E-state index in [1.807, 2.05) is 6.07 Å². The minimum absolute atomic E-state index is 0.0108. The number of Topliss-reactive ketones (excluding diaryl/α,β-unsaturated/α-hetero) is 1. The number of benzene rings is 1. The Morgan fingerprint density at radius 3 is 2.65 bits per heavy atom. The van der Waals surface area contributed by atoms with Crippen LogP contribution in [0.2, 0.25) is 5.02 Å². The first-order valence-electron chi connectivity index (χ1n) is 6.47. The monoisotopic (exact) mass is 426 g/mol. The first-order chi connectivity index (χ1) is 9.29. The Labute approximate surface area is 138 Å². The van der Waals surface area contributed by atoms with E-state index in [2.05, 4.69) is 22.6 Å². The lowest BCUT2D eigenvalue weighted by Crippen LogP contribution is -2.31. The molecule has 20 heavy (non-hydrogen) atoms. The lowest BCUT2D eigenvalue weighted by atomic mass is 9.83. The van der Waals surface area contributed by atoms with Gasteiger partial charge in [-0.1, -0.05) is 24.1 Å². The average Bonchev–Trinajstić information content (AvgIpc) is 2.40. The Morgan fingerprint density at radius 1 is 1.35 bits per heavy atom. The number of rotatable bonds is 3. The molecule has 1 aromatic rings. The molecular weight excluding hydrogens is 411 g/mol. The summed E-state index contributed by atoms with van der Waals surface area (Å²) in [6.07, 6.45) is 3.89. The summed E-state index contributed by atoms with van der Waals surface area (Å²) in [6.45, 7) is 0. The zero-order valence-corrected chi connectivity index (χ0v) is 14.8. The van der Waals surface area contributed by atoms with E-state index in [-0.39, 0.29) is 17.0 Å². The number of carbonyl (C=O) groups is 1. The van der Waals surface area contributed by atoms with Gasteiger partial charge in [-0.2, -0.15) is 0 Å². The molecule has 0 saturated heterocycles. The number of hydrogen-bond acceptors (Lipinski definition) is 3. The van der Waals surface area contributed by atoms with Crippen LogP contribution in [-0.4, -0.2) is 25.7 Å². The van der Waals surface area contributed by atoms with Crippen LogP contribution in [0.25, 0.3) is 0 Å². The van der Waals surface area contributed by atoms with Gasteiger partial charge >= 0.3 is 0 Å². The molecular formula is C14H16ClIO3S. The molecule has 2 rings (SSSR count). The second kappa shape index (κ2) is 6.32. The van der Waals surface area contributed by atoms with Crippen LogP contribution >= 0.6 is 34.2 Å². The molecule has 2 unspecified atom stereocenters. The van der Waals surface area contributed by atoms with Gasteiger partial charge in [0.2, 0.25) is 0 Å². The second-order valence-electron chi connectivity index (χ2n) is 5.31. The Balaban J connectivity index is 2.18. The highest BCUT2D eigenvalue weighted by Gasteiger charge is 2.32. The quantitative estimate of drug-likeness (QED) is 0.547. The third-order valence-corrected chi connectivity index (χ3v) is 7.02. The van der Waals surface area contributed by atoms with Crippen LogP contribution in [0.15, 0.2) is 18.2 Å². The Morgan fingerprint density at radius 2 is 2.05 bits per heavy atom. The Kier molecular flexibility index (Phi) is 5.13. The molecule has 3 nitrogen and oxygen atoms in total. The van der Waals surface area contributed by atoms with Crippen molar-refractivity contribution in [2.75, 3.05) is 6.26 Å². The summed E-state index contributed by atoms with van der Waals surface area (Å²) < 4.78 is 24.2. The Hall–Kier alpha value is -0.140. The van der Waals surface area contributed by atoms with Crippen molar-refractivity contribution in [2.24, 2.45) is 5.92 Å². The molecule has 6 heteroatoms. The van der Waals surface area contributed by atoms with Crippen molar-refractivity contribution >= 4 is 49.8 Å². The van der Waals surface area contributed by atoms with E-state index in [1.54, 1.807) is 12.1 Å². The maximum absolute atomic E-state index is 12.5. The van der Waals surface area contributed by atoms with Crippen molar-refractivity contribution in [3.8, 4) is 0 Å². The van der Waals surface area contributed by atoms with Crippen molar-refractivity contribution in [2.45, 2.75) is 30.9 Å². The van der Waals surface area contributed by atoms with Gasteiger partial charge in [0.1, 0.15) is 9.84 Å². The number of sulfone groups is 1. The largest absolute Gasteiger partial charge is 0.294 e. The molecule has 1 aliphatic rings. The van der Waals surface area contributed by atoms with E-state index in [0.717, 1.165) is 16.4 Å². The maximum atomic E-state index is 12.5. The van der Waals surface area contributed by atoms with Gasteiger partial charge in [0, 0.05) is 21.3 Å². The molecule has 0 spiro atoms. The van der Waals surface area contributed by atoms with E-state index in [0.29, 0.717) is 23.4 Å². The van der Waals surface area contributed by atoms with E-state index in [1.165, 1.54) is 6.26 Å². The highest BCUT2D eigenvalue weighted by Crippen LogP contribution is 2.31. The molecule has 0 radical (unpaired) electrons. The van der Waals surface area contributed by atoms with Gasteiger partial charge in [-0.3, -0.25) is 4.79 Å². The summed E-state index contributed by atoms with van der Waals surface area (Å²) in [5.41, 5.74) is 0.578. The maximum Gasteiger partial charge on any atom is 0.166 e. The van der Waals surface area contributed by atoms with Crippen LogP contribution in [0, 0.1) is 9.49 Å². The van der Waals surface area contributed by atoms with Gasteiger partial charge in [0.05, 0.1) is 10.3 Å². The van der Waals surface area contributed by atoms with E-state index < -0.39 is 9.84 Å². The second-order valence-corrected chi connectivity index (χ2v) is 9.20. The average molecular weight is 427 g/mol. The van der Waals surface area contributed by atoms with Gasteiger partial charge in [-0.15, -0.1) is 0 Å². The molecule has 0 N–H and O–H groups in total. The predicted molar refractivity (Wildman–Crippen MR) is 89.1 cm³/mol. The third kappa shape index (κ3) is 3.74. The number of ketones is 1. The lowest BCUT2D eigenvalue weighted by molar-refractivity contribution is 0.0891. The number of halogens is 2. The fraction of sp³-hybridized carbons (Fsp3) is 0.500. The number of hydrogen-bond donors (Lipinski definition) is 0. The molecule has 0 amide bonds. The Bertz CT molecular complexity index is 627. The van der Waals surface area contributed by atoms with Crippen molar-refractivity contribution in [3.63, 3.8) is 0 Å². The summed E-state index contributed by atoms with van der Waals surface area (Å²) in [4.78, 5) is 12.5. The summed E-state index contributed by atoms with van der Waals surface area (Å²) >= 11 is 8.15.